The summed E-state index contributed by atoms with van der Waals surface area (Å²) in [6, 6.07) is 16.7. The van der Waals surface area contributed by atoms with E-state index in [1.54, 1.807) is 21.3 Å². The van der Waals surface area contributed by atoms with Crippen molar-refractivity contribution in [3.63, 3.8) is 0 Å². The third-order valence-corrected chi connectivity index (χ3v) is 6.41. The van der Waals surface area contributed by atoms with E-state index in [0.29, 0.717) is 11.8 Å². The van der Waals surface area contributed by atoms with Gasteiger partial charge in [-0.05, 0) is 68.2 Å². The van der Waals surface area contributed by atoms with Gasteiger partial charge in [0.1, 0.15) is 17.2 Å². The molecular formula is C27H31BrO3. The van der Waals surface area contributed by atoms with Crippen LogP contribution in [0.5, 0.6) is 17.2 Å². The van der Waals surface area contributed by atoms with E-state index in [1.807, 2.05) is 24.3 Å². The number of rotatable bonds is 7. The number of hydrogen-bond acceptors (Lipinski definition) is 3. The predicted molar refractivity (Wildman–Crippen MR) is 133 cm³/mol. The molecule has 0 atom stereocenters. The molecule has 0 amide bonds. The maximum atomic E-state index is 5.80. The van der Waals surface area contributed by atoms with E-state index in [-0.39, 0.29) is 0 Å². The number of benzene rings is 3. The van der Waals surface area contributed by atoms with Crippen LogP contribution in [0.15, 0.2) is 53.0 Å². The largest absolute Gasteiger partial charge is 0.496 e. The van der Waals surface area contributed by atoms with Gasteiger partial charge in [0.15, 0.2) is 0 Å². The highest BCUT2D eigenvalue weighted by Gasteiger charge is 2.24. The van der Waals surface area contributed by atoms with Crippen LogP contribution in [-0.2, 0) is 0 Å². The van der Waals surface area contributed by atoms with Crippen molar-refractivity contribution in [3.05, 3.63) is 64.1 Å². The van der Waals surface area contributed by atoms with E-state index in [1.165, 1.54) is 16.7 Å². The quantitative estimate of drug-likeness (QED) is 0.340. The van der Waals surface area contributed by atoms with E-state index in [9.17, 15) is 0 Å². The lowest BCUT2D eigenvalue weighted by molar-refractivity contribution is 0.402. The summed E-state index contributed by atoms with van der Waals surface area (Å²) < 4.78 is 18.0. The second-order valence-corrected chi connectivity index (χ2v) is 8.99. The highest BCUT2D eigenvalue weighted by molar-refractivity contribution is 9.10. The van der Waals surface area contributed by atoms with Gasteiger partial charge >= 0.3 is 0 Å². The SMILES string of the molecule is COc1ccccc1-c1cc(C(C)C)c(-c2c(OC)ccc(OC)c2Br)c(C(C)C)c1. The number of para-hydroxylation sites is 1. The summed E-state index contributed by atoms with van der Waals surface area (Å²) in [5.74, 6) is 3.10. The summed E-state index contributed by atoms with van der Waals surface area (Å²) in [6.45, 7) is 8.93. The van der Waals surface area contributed by atoms with Crippen molar-refractivity contribution in [1.82, 2.24) is 0 Å². The van der Waals surface area contributed by atoms with E-state index in [4.69, 9.17) is 14.2 Å². The molecule has 0 aliphatic rings. The lowest BCUT2D eigenvalue weighted by atomic mass is 9.82. The van der Waals surface area contributed by atoms with Crippen molar-refractivity contribution < 1.29 is 14.2 Å². The molecule has 0 radical (unpaired) electrons. The van der Waals surface area contributed by atoms with Crippen molar-refractivity contribution in [1.29, 1.82) is 0 Å². The molecule has 0 heterocycles. The van der Waals surface area contributed by atoms with Crippen LogP contribution in [0.1, 0.15) is 50.7 Å². The van der Waals surface area contributed by atoms with Crippen LogP contribution in [-0.4, -0.2) is 21.3 Å². The first-order valence-corrected chi connectivity index (χ1v) is 11.3. The summed E-state index contributed by atoms with van der Waals surface area (Å²) in [4.78, 5) is 0. The topological polar surface area (TPSA) is 27.7 Å². The lowest BCUT2D eigenvalue weighted by Gasteiger charge is -2.25. The van der Waals surface area contributed by atoms with Crippen LogP contribution < -0.4 is 14.2 Å². The highest BCUT2D eigenvalue weighted by atomic mass is 79.9. The van der Waals surface area contributed by atoms with Gasteiger partial charge in [-0.15, -0.1) is 0 Å². The Kier molecular flexibility index (Phi) is 7.32. The van der Waals surface area contributed by atoms with E-state index < -0.39 is 0 Å². The van der Waals surface area contributed by atoms with Gasteiger partial charge in [-0.3, -0.25) is 0 Å². The Morgan fingerprint density at radius 1 is 0.645 bits per heavy atom. The average molecular weight is 483 g/mol. The lowest BCUT2D eigenvalue weighted by Crippen LogP contribution is -2.04. The number of hydrogen-bond donors (Lipinski definition) is 0. The molecule has 0 bridgehead atoms. The average Bonchev–Trinajstić information content (AvgIpc) is 2.77. The first-order valence-electron chi connectivity index (χ1n) is 10.6. The Balaban J connectivity index is 2.43. The molecule has 3 aromatic carbocycles. The van der Waals surface area contributed by atoms with E-state index in [2.05, 4.69) is 67.9 Å². The molecule has 0 saturated heterocycles. The molecule has 164 valence electrons. The molecule has 0 saturated carbocycles. The molecule has 0 fully saturated rings. The first kappa shape index (κ1) is 23.2. The molecular weight excluding hydrogens is 452 g/mol. The monoisotopic (exact) mass is 482 g/mol. The van der Waals surface area contributed by atoms with Crippen molar-refractivity contribution in [3.8, 4) is 39.5 Å². The summed E-state index contributed by atoms with van der Waals surface area (Å²) in [6.07, 6.45) is 0. The van der Waals surface area contributed by atoms with Gasteiger partial charge in [-0.1, -0.05) is 58.0 Å². The van der Waals surface area contributed by atoms with Crippen LogP contribution in [0.3, 0.4) is 0 Å². The maximum absolute atomic E-state index is 5.80. The third kappa shape index (κ3) is 4.45. The van der Waals surface area contributed by atoms with E-state index >= 15 is 0 Å². The van der Waals surface area contributed by atoms with Crippen molar-refractivity contribution >= 4 is 15.9 Å². The molecule has 4 heteroatoms. The Morgan fingerprint density at radius 2 is 1.16 bits per heavy atom. The van der Waals surface area contributed by atoms with Crippen molar-refractivity contribution in [2.75, 3.05) is 21.3 Å². The van der Waals surface area contributed by atoms with Gasteiger partial charge < -0.3 is 14.2 Å². The molecule has 0 aliphatic carbocycles. The predicted octanol–water partition coefficient (Wildman–Crippen LogP) is 8.06. The highest BCUT2D eigenvalue weighted by Crippen LogP contribution is 2.49. The van der Waals surface area contributed by atoms with Crippen LogP contribution in [0, 0.1) is 0 Å². The Bertz CT molecular complexity index is 1040. The normalized spacial score (nSPS) is 11.2. The summed E-state index contributed by atoms with van der Waals surface area (Å²) in [7, 11) is 5.12. The minimum absolute atomic E-state index is 0.310. The van der Waals surface area contributed by atoms with Gasteiger partial charge in [0.25, 0.3) is 0 Å². The van der Waals surface area contributed by atoms with Gasteiger partial charge in [-0.2, -0.15) is 0 Å². The maximum Gasteiger partial charge on any atom is 0.133 e. The number of halogens is 1. The van der Waals surface area contributed by atoms with Crippen LogP contribution in [0.2, 0.25) is 0 Å². The Morgan fingerprint density at radius 3 is 1.68 bits per heavy atom. The van der Waals surface area contributed by atoms with Crippen LogP contribution >= 0.6 is 15.9 Å². The standard InChI is InChI=1S/C27H31BrO3/c1-16(2)20-14-18(19-10-8-9-11-22(19)29-5)15-21(17(3)4)25(20)26-23(30-6)12-13-24(31-7)27(26)28/h8-17H,1-7H3. The smallest absolute Gasteiger partial charge is 0.133 e. The van der Waals surface area contributed by atoms with Crippen LogP contribution in [0.25, 0.3) is 22.3 Å². The molecule has 3 rings (SSSR count). The first-order chi connectivity index (χ1) is 14.8. The molecule has 0 N–H and O–H groups in total. The molecule has 0 aliphatic heterocycles. The van der Waals surface area contributed by atoms with Gasteiger partial charge in [-0.25, -0.2) is 0 Å². The number of methoxy groups -OCH3 is 3. The second-order valence-electron chi connectivity index (χ2n) is 8.20. The fourth-order valence-electron chi connectivity index (χ4n) is 4.03. The zero-order valence-corrected chi connectivity index (χ0v) is 21.0. The molecule has 0 spiro atoms. The molecule has 3 aromatic rings. The summed E-state index contributed by atoms with van der Waals surface area (Å²) in [5, 5.41) is 0. The Hall–Kier alpha value is -2.46. The molecule has 0 aromatic heterocycles. The molecule has 0 unspecified atom stereocenters. The summed E-state index contributed by atoms with van der Waals surface area (Å²) >= 11 is 3.80. The zero-order valence-electron chi connectivity index (χ0n) is 19.4. The fraction of sp³-hybridized carbons (Fsp3) is 0.333. The zero-order chi connectivity index (χ0) is 22.7. The molecule has 31 heavy (non-hydrogen) atoms. The summed E-state index contributed by atoms with van der Waals surface area (Å²) in [5.41, 5.74) is 7.01. The second kappa shape index (κ2) is 9.78. The van der Waals surface area contributed by atoms with Crippen LogP contribution in [0.4, 0.5) is 0 Å². The van der Waals surface area contributed by atoms with Gasteiger partial charge in [0, 0.05) is 11.1 Å². The molecule has 3 nitrogen and oxygen atoms in total. The minimum atomic E-state index is 0.310. The van der Waals surface area contributed by atoms with E-state index in [0.717, 1.165) is 38.4 Å². The van der Waals surface area contributed by atoms with Crippen molar-refractivity contribution in [2.24, 2.45) is 0 Å². The van der Waals surface area contributed by atoms with Gasteiger partial charge in [0.2, 0.25) is 0 Å². The number of ether oxygens (including phenoxy) is 3. The van der Waals surface area contributed by atoms with Gasteiger partial charge in [0.05, 0.1) is 25.8 Å². The van der Waals surface area contributed by atoms with Crippen molar-refractivity contribution in [2.45, 2.75) is 39.5 Å². The minimum Gasteiger partial charge on any atom is -0.496 e. The fourth-order valence-corrected chi connectivity index (χ4v) is 4.71. The third-order valence-electron chi connectivity index (χ3n) is 5.62. The Labute approximate surface area is 194 Å².